The van der Waals surface area contributed by atoms with E-state index in [1.54, 1.807) is 0 Å². The zero-order valence-corrected chi connectivity index (χ0v) is 23.4. The maximum absolute atomic E-state index is 10.1. The zero-order chi connectivity index (χ0) is 26.3. The lowest BCUT2D eigenvalue weighted by Gasteiger charge is -2.36. The minimum Gasteiger partial charge on any atom is -0.490 e. The van der Waals surface area contributed by atoms with Gasteiger partial charge in [0.1, 0.15) is 5.75 Å². The van der Waals surface area contributed by atoms with Crippen molar-refractivity contribution in [2.24, 2.45) is 5.41 Å². The molecule has 1 saturated carbocycles. The standard InChI is InChI=1S/C34H49NO2/c1-3-12-32(13-4-2)37-33-21-19-29(20-22-33)28-15-17-30(18-16-28)31-14-11-24-34(26-31,27-35)23-9-7-5-6-8-10-25-36/h15-22,31-32,36H,3-14,23-26H2,1-2H3. The van der Waals surface area contributed by atoms with Gasteiger partial charge in [-0.05, 0) is 79.7 Å². The molecule has 1 fully saturated rings. The van der Waals surface area contributed by atoms with Gasteiger partial charge in [-0.25, -0.2) is 0 Å². The molecule has 2 unspecified atom stereocenters. The minimum absolute atomic E-state index is 0.157. The second kappa shape index (κ2) is 15.8. The first-order chi connectivity index (χ1) is 18.1. The summed E-state index contributed by atoms with van der Waals surface area (Å²) in [6, 6.07) is 20.4. The van der Waals surface area contributed by atoms with Crippen LogP contribution < -0.4 is 4.74 Å². The van der Waals surface area contributed by atoms with Gasteiger partial charge in [0.25, 0.3) is 0 Å². The summed E-state index contributed by atoms with van der Waals surface area (Å²) in [7, 11) is 0. The van der Waals surface area contributed by atoms with E-state index in [-0.39, 0.29) is 5.41 Å². The minimum atomic E-state index is -0.157. The molecule has 0 aliphatic heterocycles. The van der Waals surface area contributed by atoms with Crippen molar-refractivity contribution in [3.05, 3.63) is 54.1 Å². The summed E-state index contributed by atoms with van der Waals surface area (Å²) >= 11 is 0. The Morgan fingerprint density at radius 3 is 2.08 bits per heavy atom. The third kappa shape index (κ3) is 9.19. The van der Waals surface area contributed by atoms with Gasteiger partial charge < -0.3 is 9.84 Å². The Balaban J connectivity index is 1.55. The van der Waals surface area contributed by atoms with Gasteiger partial charge in [-0.3, -0.25) is 0 Å². The van der Waals surface area contributed by atoms with Gasteiger partial charge in [0.2, 0.25) is 0 Å². The highest BCUT2D eigenvalue weighted by Gasteiger charge is 2.36. The molecule has 2 atom stereocenters. The fourth-order valence-corrected chi connectivity index (χ4v) is 6.09. The summed E-state index contributed by atoms with van der Waals surface area (Å²) < 4.78 is 6.24. The molecular formula is C34H49NO2. The average molecular weight is 504 g/mol. The van der Waals surface area contributed by atoms with Crippen molar-refractivity contribution in [2.75, 3.05) is 6.61 Å². The molecule has 37 heavy (non-hydrogen) atoms. The van der Waals surface area contributed by atoms with E-state index in [4.69, 9.17) is 9.84 Å². The monoisotopic (exact) mass is 503 g/mol. The molecule has 1 N–H and O–H groups in total. The lowest BCUT2D eigenvalue weighted by atomic mass is 9.66. The van der Waals surface area contributed by atoms with E-state index in [0.29, 0.717) is 18.6 Å². The molecule has 0 spiro atoms. The SMILES string of the molecule is CCCC(CCC)Oc1ccc(-c2ccc(C3CCCC(C#N)(CCCCCCCCO)C3)cc2)cc1. The largest absolute Gasteiger partial charge is 0.490 e. The predicted molar refractivity (Wildman–Crippen MR) is 155 cm³/mol. The normalized spacial score (nSPS) is 19.6. The number of rotatable bonds is 16. The Kier molecular flexibility index (Phi) is 12.5. The van der Waals surface area contributed by atoms with E-state index in [0.717, 1.165) is 76.4 Å². The Morgan fingerprint density at radius 2 is 1.49 bits per heavy atom. The van der Waals surface area contributed by atoms with Crippen LogP contribution in [0, 0.1) is 16.7 Å². The van der Waals surface area contributed by atoms with Gasteiger partial charge in [0.05, 0.1) is 17.6 Å². The van der Waals surface area contributed by atoms with Gasteiger partial charge in [0.15, 0.2) is 0 Å². The highest BCUT2D eigenvalue weighted by molar-refractivity contribution is 5.64. The number of hydrogen-bond donors (Lipinski definition) is 1. The van der Waals surface area contributed by atoms with E-state index in [9.17, 15) is 5.26 Å². The first kappa shape index (κ1) is 29.2. The molecule has 0 heterocycles. The molecule has 0 bridgehead atoms. The summed E-state index contributed by atoms with van der Waals surface area (Å²) in [6.07, 6.45) is 17.0. The number of nitriles is 1. The van der Waals surface area contributed by atoms with Crippen molar-refractivity contribution in [2.45, 2.75) is 122 Å². The molecule has 2 aromatic rings. The number of aliphatic hydroxyl groups is 1. The number of unbranched alkanes of at least 4 members (excludes halogenated alkanes) is 5. The number of benzene rings is 2. The van der Waals surface area contributed by atoms with E-state index in [2.05, 4.69) is 68.4 Å². The number of ether oxygens (including phenoxy) is 1. The topological polar surface area (TPSA) is 53.2 Å². The van der Waals surface area contributed by atoms with E-state index >= 15 is 0 Å². The van der Waals surface area contributed by atoms with E-state index in [1.165, 1.54) is 42.4 Å². The molecule has 0 radical (unpaired) electrons. The van der Waals surface area contributed by atoms with Crippen LogP contribution in [-0.4, -0.2) is 17.8 Å². The van der Waals surface area contributed by atoms with Gasteiger partial charge in [-0.15, -0.1) is 0 Å². The van der Waals surface area contributed by atoms with Gasteiger partial charge >= 0.3 is 0 Å². The Labute approximate surface area is 226 Å². The maximum Gasteiger partial charge on any atom is 0.119 e. The van der Waals surface area contributed by atoms with Crippen molar-refractivity contribution in [3.8, 4) is 22.9 Å². The fraction of sp³-hybridized carbons (Fsp3) is 0.618. The summed E-state index contributed by atoms with van der Waals surface area (Å²) in [4.78, 5) is 0. The number of hydrogen-bond acceptors (Lipinski definition) is 3. The molecule has 3 nitrogen and oxygen atoms in total. The predicted octanol–water partition coefficient (Wildman–Crippen LogP) is 9.59. The molecule has 202 valence electrons. The molecule has 3 rings (SSSR count). The van der Waals surface area contributed by atoms with Crippen LogP contribution in [0.4, 0.5) is 0 Å². The molecule has 3 heteroatoms. The highest BCUT2D eigenvalue weighted by atomic mass is 16.5. The Hall–Kier alpha value is -2.31. The number of aliphatic hydroxyl groups excluding tert-OH is 1. The Bertz CT molecular complexity index is 924. The molecule has 0 saturated heterocycles. The lowest BCUT2D eigenvalue weighted by molar-refractivity contribution is 0.179. The van der Waals surface area contributed by atoms with Crippen molar-refractivity contribution >= 4 is 0 Å². The van der Waals surface area contributed by atoms with Crippen LogP contribution in [-0.2, 0) is 0 Å². The van der Waals surface area contributed by atoms with Crippen molar-refractivity contribution in [3.63, 3.8) is 0 Å². The van der Waals surface area contributed by atoms with Crippen LogP contribution in [0.15, 0.2) is 48.5 Å². The van der Waals surface area contributed by atoms with Gasteiger partial charge in [0, 0.05) is 6.61 Å². The first-order valence-electron chi connectivity index (χ1n) is 15.0. The third-order valence-corrected chi connectivity index (χ3v) is 8.24. The Morgan fingerprint density at radius 1 is 0.892 bits per heavy atom. The van der Waals surface area contributed by atoms with Crippen LogP contribution in [0.2, 0.25) is 0 Å². The van der Waals surface area contributed by atoms with Crippen LogP contribution in [0.25, 0.3) is 11.1 Å². The lowest BCUT2D eigenvalue weighted by Crippen LogP contribution is -2.26. The van der Waals surface area contributed by atoms with E-state index < -0.39 is 0 Å². The molecule has 0 amide bonds. The summed E-state index contributed by atoms with van der Waals surface area (Å²) in [5.74, 6) is 1.45. The smallest absolute Gasteiger partial charge is 0.119 e. The van der Waals surface area contributed by atoms with Crippen LogP contribution in [0.3, 0.4) is 0 Å². The quantitative estimate of drug-likeness (QED) is 0.232. The molecular weight excluding hydrogens is 454 g/mol. The number of nitrogens with zero attached hydrogens (tertiary/aromatic N) is 1. The molecule has 2 aromatic carbocycles. The summed E-state index contributed by atoms with van der Waals surface area (Å²) in [5, 5.41) is 19.0. The van der Waals surface area contributed by atoms with Crippen LogP contribution in [0.1, 0.15) is 122 Å². The van der Waals surface area contributed by atoms with Crippen LogP contribution in [0.5, 0.6) is 5.75 Å². The molecule has 1 aliphatic carbocycles. The van der Waals surface area contributed by atoms with Crippen molar-refractivity contribution < 1.29 is 9.84 Å². The maximum atomic E-state index is 10.1. The van der Waals surface area contributed by atoms with Crippen molar-refractivity contribution in [1.82, 2.24) is 0 Å². The summed E-state index contributed by atoms with van der Waals surface area (Å²) in [6.45, 7) is 4.74. The van der Waals surface area contributed by atoms with Gasteiger partial charge in [-0.1, -0.05) is 102 Å². The zero-order valence-electron chi connectivity index (χ0n) is 23.4. The summed E-state index contributed by atoms with van der Waals surface area (Å²) in [5.41, 5.74) is 3.68. The first-order valence-corrected chi connectivity index (χ1v) is 15.0. The molecule has 0 aromatic heterocycles. The van der Waals surface area contributed by atoms with Gasteiger partial charge in [-0.2, -0.15) is 5.26 Å². The average Bonchev–Trinajstić information content (AvgIpc) is 2.93. The highest BCUT2D eigenvalue weighted by Crippen LogP contribution is 2.47. The molecule has 1 aliphatic rings. The third-order valence-electron chi connectivity index (χ3n) is 8.24. The van der Waals surface area contributed by atoms with Crippen molar-refractivity contribution in [1.29, 1.82) is 5.26 Å². The van der Waals surface area contributed by atoms with E-state index in [1.807, 2.05) is 0 Å². The second-order valence-corrected chi connectivity index (χ2v) is 11.2. The fourth-order valence-electron chi connectivity index (χ4n) is 6.09. The van der Waals surface area contributed by atoms with Crippen LogP contribution >= 0.6 is 0 Å². The second-order valence-electron chi connectivity index (χ2n) is 11.2.